The van der Waals surface area contributed by atoms with Crippen molar-refractivity contribution in [2.24, 2.45) is 0 Å². The number of hydrogen-bond acceptors (Lipinski definition) is 2. The summed E-state index contributed by atoms with van der Waals surface area (Å²) in [5, 5.41) is 8.51. The molecule has 0 aliphatic heterocycles. The molecule has 0 saturated heterocycles. The molecular weight excluding hydrogens is 208 g/mol. The highest BCUT2D eigenvalue weighted by molar-refractivity contribution is 5.70. The summed E-state index contributed by atoms with van der Waals surface area (Å²) in [6.45, 7) is 1.47. The number of aryl methyl sites for hydroxylation is 1. The van der Waals surface area contributed by atoms with Gasteiger partial charge in [0.25, 0.3) is 6.43 Å². The fourth-order valence-corrected chi connectivity index (χ4v) is 1.21. The zero-order valence-corrected chi connectivity index (χ0v) is 7.88. The van der Waals surface area contributed by atoms with Gasteiger partial charge < -0.3 is 10.1 Å². The van der Waals surface area contributed by atoms with Crippen LogP contribution in [0.5, 0.6) is 0 Å². The molecular formula is C9H9F2NO3. The van der Waals surface area contributed by atoms with Crippen molar-refractivity contribution in [1.29, 1.82) is 0 Å². The van der Waals surface area contributed by atoms with Crippen LogP contribution in [0.2, 0.25) is 0 Å². The second-order valence-corrected chi connectivity index (χ2v) is 3.05. The predicted octanol–water partition coefficient (Wildman–Crippen LogP) is 1.25. The average Bonchev–Trinajstić information content (AvgIpc) is 2.11. The number of aliphatic carboxylic acids is 1. The number of pyridine rings is 1. The molecule has 0 aliphatic rings. The van der Waals surface area contributed by atoms with Gasteiger partial charge in [-0.3, -0.25) is 9.59 Å². The standard InChI is InChI=1S/C9H9F2NO3/c1-4-5(2-7(13)14)8(15)6(3-12-4)9(10)11/h3,9H,2H2,1H3,(H,12,15)(H,13,14). The van der Waals surface area contributed by atoms with Crippen molar-refractivity contribution >= 4 is 5.97 Å². The molecule has 0 bridgehead atoms. The van der Waals surface area contributed by atoms with Gasteiger partial charge in [-0.05, 0) is 6.92 Å². The summed E-state index contributed by atoms with van der Waals surface area (Å²) in [5.74, 6) is -1.23. The zero-order chi connectivity index (χ0) is 11.6. The first-order valence-corrected chi connectivity index (χ1v) is 4.14. The number of halogens is 2. The third kappa shape index (κ3) is 2.39. The molecule has 1 rings (SSSR count). The summed E-state index contributed by atoms with van der Waals surface area (Å²) in [5.41, 5.74) is -1.42. The van der Waals surface area contributed by atoms with Crippen LogP contribution in [0.1, 0.15) is 23.2 Å². The fraction of sp³-hybridized carbons (Fsp3) is 0.333. The highest BCUT2D eigenvalue weighted by Crippen LogP contribution is 2.15. The molecule has 1 heterocycles. The van der Waals surface area contributed by atoms with Crippen molar-refractivity contribution < 1.29 is 18.7 Å². The van der Waals surface area contributed by atoms with Crippen molar-refractivity contribution in [3.05, 3.63) is 33.2 Å². The van der Waals surface area contributed by atoms with E-state index < -0.39 is 29.8 Å². The minimum Gasteiger partial charge on any atom is -0.481 e. The molecule has 0 saturated carbocycles. The van der Waals surface area contributed by atoms with E-state index in [0.717, 1.165) is 6.20 Å². The first-order valence-electron chi connectivity index (χ1n) is 4.14. The van der Waals surface area contributed by atoms with Gasteiger partial charge in [0.05, 0.1) is 12.0 Å². The number of H-pyrrole nitrogens is 1. The van der Waals surface area contributed by atoms with Crippen LogP contribution >= 0.6 is 0 Å². The SMILES string of the molecule is Cc1[nH]cc(C(F)F)c(=O)c1CC(=O)O. The van der Waals surface area contributed by atoms with Gasteiger partial charge in [-0.2, -0.15) is 0 Å². The minimum absolute atomic E-state index is 0.125. The van der Waals surface area contributed by atoms with Crippen molar-refractivity contribution in [3.63, 3.8) is 0 Å². The summed E-state index contributed by atoms with van der Waals surface area (Å²) in [4.78, 5) is 24.3. The Balaban J connectivity index is 3.30. The number of carboxylic acid groups (broad SMARTS) is 1. The fourth-order valence-electron chi connectivity index (χ4n) is 1.21. The van der Waals surface area contributed by atoms with Crippen LogP contribution < -0.4 is 5.43 Å². The topological polar surface area (TPSA) is 70.2 Å². The van der Waals surface area contributed by atoms with E-state index in [0.29, 0.717) is 5.69 Å². The third-order valence-electron chi connectivity index (χ3n) is 2.00. The van der Waals surface area contributed by atoms with Gasteiger partial charge in [0, 0.05) is 17.5 Å². The smallest absolute Gasteiger partial charge is 0.308 e. The lowest BCUT2D eigenvalue weighted by molar-refractivity contribution is -0.136. The molecule has 2 N–H and O–H groups in total. The van der Waals surface area contributed by atoms with E-state index >= 15 is 0 Å². The number of rotatable bonds is 3. The average molecular weight is 217 g/mol. The van der Waals surface area contributed by atoms with Gasteiger partial charge in [0.1, 0.15) is 0 Å². The van der Waals surface area contributed by atoms with Crippen LogP contribution in [0.3, 0.4) is 0 Å². The number of hydrogen-bond donors (Lipinski definition) is 2. The molecule has 0 spiro atoms. The van der Waals surface area contributed by atoms with Crippen LogP contribution in [0.4, 0.5) is 8.78 Å². The maximum Gasteiger partial charge on any atom is 0.308 e. The van der Waals surface area contributed by atoms with Crippen LogP contribution in [-0.2, 0) is 11.2 Å². The van der Waals surface area contributed by atoms with E-state index in [9.17, 15) is 18.4 Å². The molecule has 0 radical (unpaired) electrons. The van der Waals surface area contributed by atoms with Crippen molar-refractivity contribution in [2.75, 3.05) is 0 Å². The normalized spacial score (nSPS) is 10.7. The van der Waals surface area contributed by atoms with Gasteiger partial charge in [-0.25, -0.2) is 8.78 Å². The van der Waals surface area contributed by atoms with E-state index in [2.05, 4.69) is 4.98 Å². The van der Waals surface area contributed by atoms with Crippen LogP contribution in [0.25, 0.3) is 0 Å². The van der Waals surface area contributed by atoms with Gasteiger partial charge >= 0.3 is 5.97 Å². The Morgan fingerprint density at radius 1 is 1.60 bits per heavy atom. The van der Waals surface area contributed by atoms with Crippen molar-refractivity contribution in [2.45, 2.75) is 19.8 Å². The minimum atomic E-state index is -2.90. The highest BCUT2D eigenvalue weighted by atomic mass is 19.3. The molecule has 0 amide bonds. The lowest BCUT2D eigenvalue weighted by Gasteiger charge is -2.05. The largest absolute Gasteiger partial charge is 0.481 e. The summed E-state index contributed by atoms with van der Waals surface area (Å²) < 4.78 is 24.6. The summed E-state index contributed by atoms with van der Waals surface area (Å²) in [6.07, 6.45) is -2.54. The molecule has 82 valence electrons. The Hall–Kier alpha value is -1.72. The first-order chi connectivity index (χ1) is 6.93. The lowest BCUT2D eigenvalue weighted by atomic mass is 10.1. The molecule has 0 fully saturated rings. The first kappa shape index (κ1) is 11.4. The second kappa shape index (κ2) is 4.20. The Morgan fingerprint density at radius 3 is 2.67 bits per heavy atom. The number of carbonyl (C=O) groups is 1. The highest BCUT2D eigenvalue weighted by Gasteiger charge is 2.17. The quantitative estimate of drug-likeness (QED) is 0.800. The number of alkyl halides is 2. The molecule has 0 atom stereocenters. The molecule has 0 aromatic carbocycles. The number of aromatic amines is 1. The van der Waals surface area contributed by atoms with Crippen LogP contribution in [0, 0.1) is 6.92 Å². The molecule has 15 heavy (non-hydrogen) atoms. The van der Waals surface area contributed by atoms with E-state index in [-0.39, 0.29) is 5.56 Å². The molecule has 0 aliphatic carbocycles. The molecule has 1 aromatic rings. The number of nitrogens with one attached hydrogen (secondary N) is 1. The van der Waals surface area contributed by atoms with Gasteiger partial charge in [-0.1, -0.05) is 0 Å². The Morgan fingerprint density at radius 2 is 2.20 bits per heavy atom. The molecule has 1 aromatic heterocycles. The van der Waals surface area contributed by atoms with Crippen LogP contribution in [-0.4, -0.2) is 16.1 Å². The summed E-state index contributed by atoms with van der Waals surface area (Å²) >= 11 is 0. The number of aromatic nitrogens is 1. The van der Waals surface area contributed by atoms with E-state index in [4.69, 9.17) is 5.11 Å². The van der Waals surface area contributed by atoms with Gasteiger partial charge in [0.15, 0.2) is 5.43 Å². The second-order valence-electron chi connectivity index (χ2n) is 3.05. The summed E-state index contributed by atoms with van der Waals surface area (Å²) in [6, 6.07) is 0. The molecule has 6 heteroatoms. The van der Waals surface area contributed by atoms with E-state index in [1.165, 1.54) is 6.92 Å². The monoisotopic (exact) mass is 217 g/mol. The molecule has 4 nitrogen and oxygen atoms in total. The Bertz CT molecular complexity index is 439. The maximum absolute atomic E-state index is 12.3. The third-order valence-corrected chi connectivity index (χ3v) is 2.00. The van der Waals surface area contributed by atoms with Crippen molar-refractivity contribution in [3.8, 4) is 0 Å². The zero-order valence-electron chi connectivity index (χ0n) is 7.88. The number of carboxylic acids is 1. The van der Waals surface area contributed by atoms with E-state index in [1.54, 1.807) is 0 Å². The Kier molecular flexibility index (Phi) is 3.18. The van der Waals surface area contributed by atoms with Crippen LogP contribution in [0.15, 0.2) is 11.0 Å². The molecule has 0 unspecified atom stereocenters. The maximum atomic E-state index is 12.3. The van der Waals surface area contributed by atoms with Crippen molar-refractivity contribution in [1.82, 2.24) is 4.98 Å². The van der Waals surface area contributed by atoms with Gasteiger partial charge in [-0.15, -0.1) is 0 Å². The lowest BCUT2D eigenvalue weighted by Crippen LogP contribution is -2.20. The van der Waals surface area contributed by atoms with E-state index in [1.807, 2.05) is 0 Å². The summed E-state index contributed by atoms with van der Waals surface area (Å²) in [7, 11) is 0. The predicted molar refractivity (Wildman–Crippen MR) is 48.1 cm³/mol. The Labute approximate surface area is 83.6 Å². The van der Waals surface area contributed by atoms with Gasteiger partial charge in [0.2, 0.25) is 0 Å².